The molecule has 3 aromatic rings. The second kappa shape index (κ2) is 11.0. The second-order valence-corrected chi connectivity index (χ2v) is 10.1. The van der Waals surface area contributed by atoms with Crippen LogP contribution in [0, 0.1) is 0 Å². The first-order valence-corrected chi connectivity index (χ1v) is 12.8. The summed E-state index contributed by atoms with van der Waals surface area (Å²) in [7, 11) is 0. The molecule has 8 nitrogen and oxygen atoms in total. The van der Waals surface area contributed by atoms with Crippen molar-refractivity contribution >= 4 is 39.6 Å². The van der Waals surface area contributed by atoms with Gasteiger partial charge in [-0.1, -0.05) is 36.4 Å². The van der Waals surface area contributed by atoms with Gasteiger partial charge in [-0.3, -0.25) is 9.35 Å². The van der Waals surface area contributed by atoms with Crippen LogP contribution in [0.1, 0.15) is 29.3 Å². The highest BCUT2D eigenvalue weighted by atomic mass is 32.2. The fourth-order valence-corrected chi connectivity index (χ4v) is 5.15. The van der Waals surface area contributed by atoms with E-state index >= 15 is 8.78 Å². The SMILES string of the molecule is CC1(NS(=O)O)C(F)=C(F)C(F)=C(F)C1(F)CC(=O)N(Cc1ccc2ccccc2c1)c1ccc(C(=O)O)c(O)c1. The first-order chi connectivity index (χ1) is 19.2. The minimum atomic E-state index is -4.06. The van der Waals surface area contributed by atoms with Crippen molar-refractivity contribution in [1.82, 2.24) is 4.72 Å². The lowest BCUT2D eigenvalue weighted by atomic mass is 9.75. The Hall–Kier alpha value is -4.14. The molecule has 1 aliphatic carbocycles. The van der Waals surface area contributed by atoms with E-state index in [-0.39, 0.29) is 12.2 Å². The van der Waals surface area contributed by atoms with Crippen molar-refractivity contribution in [2.45, 2.75) is 31.1 Å². The summed E-state index contributed by atoms with van der Waals surface area (Å²) < 4.78 is 96.7. The molecule has 216 valence electrons. The molecule has 0 saturated carbocycles. The summed E-state index contributed by atoms with van der Waals surface area (Å²) in [5.74, 6) is -13.5. The smallest absolute Gasteiger partial charge is 0.339 e. The number of hydrogen-bond donors (Lipinski definition) is 4. The highest BCUT2D eigenvalue weighted by Gasteiger charge is 2.63. The molecular weight excluding hydrogens is 575 g/mol. The number of carbonyl (C=O) groups is 2. The molecule has 0 bridgehead atoms. The predicted molar refractivity (Wildman–Crippen MR) is 139 cm³/mol. The summed E-state index contributed by atoms with van der Waals surface area (Å²) in [6, 6.07) is 15.0. The molecule has 0 aromatic heterocycles. The van der Waals surface area contributed by atoms with Crippen molar-refractivity contribution in [3.63, 3.8) is 0 Å². The number of aromatic hydroxyl groups is 1. The first kappa shape index (κ1) is 29.8. The maximum Gasteiger partial charge on any atom is 0.339 e. The summed E-state index contributed by atoms with van der Waals surface area (Å²) in [5.41, 5.74) is -7.74. The molecule has 14 heteroatoms. The summed E-state index contributed by atoms with van der Waals surface area (Å²) in [5, 5.41) is 21.0. The molecule has 0 aliphatic heterocycles. The molecule has 3 aromatic carbocycles. The number of carboxylic acids is 1. The van der Waals surface area contributed by atoms with E-state index in [0.717, 1.165) is 33.9 Å². The van der Waals surface area contributed by atoms with Crippen LogP contribution in [-0.4, -0.2) is 42.1 Å². The van der Waals surface area contributed by atoms with Gasteiger partial charge in [-0.05, 0) is 41.5 Å². The van der Waals surface area contributed by atoms with Crippen molar-refractivity contribution in [3.8, 4) is 5.75 Å². The highest BCUT2D eigenvalue weighted by Crippen LogP contribution is 2.51. The zero-order valence-corrected chi connectivity index (χ0v) is 21.8. The molecule has 41 heavy (non-hydrogen) atoms. The molecule has 0 spiro atoms. The standard InChI is InChI=1S/C27H21F5N2O6S/c1-26(33-41(39)40)23(30)21(28)22(29)24(31)27(26,32)12-20(36)34(17-8-9-18(25(37)38)19(35)11-17)13-14-6-7-15-4-2-3-5-16(15)10-14/h2-11,33,35H,12-13H2,1H3,(H,37,38)(H,39,40). The van der Waals surface area contributed by atoms with Crippen molar-refractivity contribution in [2.75, 3.05) is 4.90 Å². The summed E-state index contributed by atoms with van der Waals surface area (Å²) in [6.07, 6.45) is -1.72. The number of allylic oxidation sites excluding steroid dienone is 2. The number of alkyl halides is 1. The fraction of sp³-hybridized carbons (Fsp3) is 0.185. The van der Waals surface area contributed by atoms with Gasteiger partial charge in [0, 0.05) is 11.8 Å². The Balaban J connectivity index is 1.82. The van der Waals surface area contributed by atoms with Gasteiger partial charge in [0.05, 0.1) is 13.0 Å². The third-order valence-corrected chi connectivity index (χ3v) is 7.41. The van der Waals surface area contributed by atoms with Gasteiger partial charge in [-0.2, -0.15) is 4.72 Å². The lowest BCUT2D eigenvalue weighted by Crippen LogP contribution is -2.63. The molecule has 4 N–H and O–H groups in total. The molecule has 0 fully saturated rings. The topological polar surface area (TPSA) is 127 Å². The number of carboxylic acid groups (broad SMARTS) is 1. The number of nitrogens with zero attached hydrogens (tertiary/aromatic N) is 1. The number of benzene rings is 3. The van der Waals surface area contributed by atoms with E-state index < -0.39 is 75.4 Å². The molecule has 1 aliphatic rings. The van der Waals surface area contributed by atoms with Gasteiger partial charge < -0.3 is 15.1 Å². The van der Waals surface area contributed by atoms with Crippen LogP contribution in [0.3, 0.4) is 0 Å². The molecule has 3 unspecified atom stereocenters. The van der Waals surface area contributed by atoms with Crippen molar-refractivity contribution in [3.05, 3.63) is 95.1 Å². The molecule has 1 amide bonds. The summed E-state index contributed by atoms with van der Waals surface area (Å²) >= 11 is -3.28. The maximum atomic E-state index is 16.4. The number of hydrogen-bond acceptors (Lipinski definition) is 4. The molecule has 0 radical (unpaired) electrons. The van der Waals surface area contributed by atoms with Crippen LogP contribution in [0.5, 0.6) is 5.75 Å². The minimum Gasteiger partial charge on any atom is -0.507 e. The van der Waals surface area contributed by atoms with E-state index in [4.69, 9.17) is 0 Å². The van der Waals surface area contributed by atoms with Crippen LogP contribution in [0.25, 0.3) is 10.8 Å². The number of halogens is 5. The van der Waals surface area contributed by atoms with Crippen LogP contribution < -0.4 is 9.62 Å². The summed E-state index contributed by atoms with van der Waals surface area (Å²) in [4.78, 5) is 25.7. The third kappa shape index (κ3) is 5.33. The Morgan fingerprint density at radius 2 is 1.59 bits per heavy atom. The number of anilines is 1. The maximum absolute atomic E-state index is 16.4. The number of nitrogens with one attached hydrogen (secondary N) is 1. The third-order valence-electron chi connectivity index (χ3n) is 6.82. The number of aromatic carboxylic acids is 1. The van der Waals surface area contributed by atoms with Crippen LogP contribution in [-0.2, 0) is 22.6 Å². The van der Waals surface area contributed by atoms with Crippen molar-refractivity contribution in [1.29, 1.82) is 0 Å². The fourth-order valence-electron chi connectivity index (χ4n) is 4.55. The number of carbonyl (C=O) groups excluding carboxylic acids is 1. The molecular formula is C27H21F5N2O6S. The zero-order chi connectivity index (χ0) is 30.3. The Kier molecular flexibility index (Phi) is 8.02. The van der Waals surface area contributed by atoms with E-state index in [1.165, 1.54) is 4.72 Å². The van der Waals surface area contributed by atoms with Crippen LogP contribution in [0.2, 0.25) is 0 Å². The van der Waals surface area contributed by atoms with Gasteiger partial charge in [0.25, 0.3) is 0 Å². The number of fused-ring (bicyclic) bond motifs is 1. The predicted octanol–water partition coefficient (Wildman–Crippen LogP) is 5.68. The van der Waals surface area contributed by atoms with E-state index in [1.54, 1.807) is 36.4 Å². The lowest BCUT2D eigenvalue weighted by molar-refractivity contribution is -0.122. The van der Waals surface area contributed by atoms with Crippen LogP contribution >= 0.6 is 0 Å². The largest absolute Gasteiger partial charge is 0.507 e. The molecule has 3 atom stereocenters. The number of phenols is 1. The van der Waals surface area contributed by atoms with E-state index in [2.05, 4.69) is 0 Å². The zero-order valence-electron chi connectivity index (χ0n) is 21.0. The average Bonchev–Trinajstić information content (AvgIpc) is 2.92. The van der Waals surface area contributed by atoms with E-state index in [0.29, 0.717) is 12.5 Å². The van der Waals surface area contributed by atoms with Gasteiger partial charge in [0.15, 0.2) is 29.0 Å². The van der Waals surface area contributed by atoms with Crippen LogP contribution in [0.15, 0.2) is 84.0 Å². The van der Waals surface area contributed by atoms with Crippen LogP contribution in [0.4, 0.5) is 27.6 Å². The van der Waals surface area contributed by atoms with Gasteiger partial charge in [0.1, 0.15) is 16.9 Å². The van der Waals surface area contributed by atoms with Gasteiger partial charge in [0.2, 0.25) is 17.2 Å². The Bertz CT molecular complexity index is 1660. The Morgan fingerprint density at radius 1 is 0.951 bits per heavy atom. The molecule has 0 saturated heterocycles. The molecule has 4 rings (SSSR count). The van der Waals surface area contributed by atoms with Crippen molar-refractivity contribution in [2.24, 2.45) is 0 Å². The number of amides is 1. The Labute approximate surface area is 231 Å². The normalized spacial score (nSPS) is 21.7. The van der Waals surface area contributed by atoms with Gasteiger partial charge >= 0.3 is 5.97 Å². The van der Waals surface area contributed by atoms with Gasteiger partial charge in [-0.25, -0.2) is 31.0 Å². The number of rotatable bonds is 8. The van der Waals surface area contributed by atoms with E-state index in [9.17, 15) is 41.7 Å². The first-order valence-electron chi connectivity index (χ1n) is 11.7. The minimum absolute atomic E-state index is 0.211. The van der Waals surface area contributed by atoms with Gasteiger partial charge in [-0.15, -0.1) is 0 Å². The Morgan fingerprint density at radius 3 is 2.20 bits per heavy atom. The van der Waals surface area contributed by atoms with Crippen molar-refractivity contribution < 1.29 is 50.5 Å². The summed E-state index contributed by atoms with van der Waals surface area (Å²) in [6.45, 7) is 0.0542. The average molecular weight is 597 g/mol. The molecule has 0 heterocycles. The highest BCUT2D eigenvalue weighted by molar-refractivity contribution is 7.77. The quantitative estimate of drug-likeness (QED) is 0.196. The second-order valence-electron chi connectivity index (χ2n) is 9.38. The monoisotopic (exact) mass is 596 g/mol. The lowest BCUT2D eigenvalue weighted by Gasteiger charge is -2.42. The van der Waals surface area contributed by atoms with E-state index in [1.807, 2.05) is 6.07 Å².